The molecule has 2 N–H and O–H groups in total. The van der Waals surface area contributed by atoms with Crippen LogP contribution in [0, 0.1) is 0 Å². The van der Waals surface area contributed by atoms with Crippen LogP contribution in [0.15, 0.2) is 26.3 Å². The third-order valence-corrected chi connectivity index (χ3v) is 37.5. The van der Waals surface area contributed by atoms with Crippen molar-refractivity contribution in [3.8, 4) is 0 Å². The highest BCUT2D eigenvalue weighted by molar-refractivity contribution is 6.91. The molecule has 0 saturated carbocycles. The molecular formula is C42H106O16Si9. The minimum atomic E-state index is -2.95. The Kier molecular flexibility index (Phi) is 39.8. The van der Waals surface area contributed by atoms with Gasteiger partial charge in [-0.05, 0) is 145 Å². The highest BCUT2D eigenvalue weighted by Gasteiger charge is 2.50. The van der Waals surface area contributed by atoms with Gasteiger partial charge in [-0.1, -0.05) is 0 Å². The largest absolute Gasteiger partial charge is 0.437 e. The van der Waals surface area contributed by atoms with E-state index in [4.69, 9.17) is 72.2 Å². The Morgan fingerprint density at radius 1 is 0.358 bits per heavy atom. The lowest BCUT2D eigenvalue weighted by molar-refractivity contribution is -0.0200. The van der Waals surface area contributed by atoms with Gasteiger partial charge >= 0.3 is 42.8 Å². The van der Waals surface area contributed by atoms with E-state index in [2.05, 4.69) is 138 Å². The molecule has 6 unspecified atom stereocenters. The van der Waals surface area contributed by atoms with E-state index in [1.165, 1.54) is 0 Å². The summed E-state index contributed by atoms with van der Waals surface area (Å²) >= 11 is 0. The molecule has 16 nitrogen and oxygen atoms in total. The summed E-state index contributed by atoms with van der Waals surface area (Å²) in [6.07, 6.45) is 0.813. The van der Waals surface area contributed by atoms with Crippen molar-refractivity contribution in [2.75, 3.05) is 85.3 Å². The lowest BCUT2D eigenvalue weighted by Gasteiger charge is -2.43. The van der Waals surface area contributed by atoms with Gasteiger partial charge in [0.25, 0.3) is 0 Å². The highest BCUT2D eigenvalue weighted by atomic mass is 28.5. The zero-order valence-corrected chi connectivity index (χ0v) is 56.2. The molecule has 25 heteroatoms. The molecule has 0 heterocycles. The van der Waals surface area contributed by atoms with E-state index in [-0.39, 0.29) is 38.1 Å². The number of hydrogen-bond donors (Lipinski definition) is 2. The molecule has 67 heavy (non-hydrogen) atoms. The average Bonchev–Trinajstić information content (AvgIpc) is 3.10. The van der Waals surface area contributed by atoms with Crippen LogP contribution in [0.25, 0.3) is 0 Å². The summed E-state index contributed by atoms with van der Waals surface area (Å²) in [6, 6.07) is 0. The second-order valence-electron chi connectivity index (χ2n) is 21.4. The normalized spacial score (nSPS) is 16.9. The maximum absolute atomic E-state index is 9.01. The van der Waals surface area contributed by atoms with E-state index in [0.717, 1.165) is 0 Å². The molecule has 0 bridgehead atoms. The predicted octanol–water partition coefficient (Wildman–Crippen LogP) is 9.17. The molecule has 0 rings (SSSR count). The minimum absolute atomic E-state index is 0.0187. The Bertz CT molecular complexity index is 1220. The fraction of sp³-hybridized carbons (Fsp3) is 0.905. The zero-order valence-electron chi connectivity index (χ0n) is 47.2. The number of hydrogen-bond acceptors (Lipinski definition) is 16. The Balaban J connectivity index is -0.000000592. The van der Waals surface area contributed by atoms with Crippen molar-refractivity contribution in [1.82, 2.24) is 0 Å². The summed E-state index contributed by atoms with van der Waals surface area (Å²) in [5.41, 5.74) is 0. The maximum Gasteiger partial charge on any atom is 0.344 e. The molecule has 0 aromatic rings. The third kappa shape index (κ3) is 47.5. The van der Waals surface area contributed by atoms with Crippen molar-refractivity contribution >= 4 is 76.1 Å². The molecule has 0 spiro atoms. The Labute approximate surface area is 421 Å². The number of aliphatic hydroxyl groups is 2. The van der Waals surface area contributed by atoms with Gasteiger partial charge in [0.2, 0.25) is 0 Å². The summed E-state index contributed by atoms with van der Waals surface area (Å²) in [6.45, 7) is 61.2. The molecule has 0 aliphatic heterocycles. The second-order valence-corrected chi connectivity index (χ2v) is 57.3. The molecule has 0 saturated heterocycles. The first kappa shape index (κ1) is 74.3. The monoisotopic (exact) mass is 1120 g/mol. The molecule has 0 fully saturated rings. The van der Waals surface area contributed by atoms with Crippen molar-refractivity contribution in [2.24, 2.45) is 0 Å². The zero-order chi connectivity index (χ0) is 53.6. The van der Waals surface area contributed by atoms with Gasteiger partial charge in [0.15, 0.2) is 33.3 Å². The van der Waals surface area contributed by atoms with Crippen molar-refractivity contribution in [2.45, 2.75) is 163 Å². The van der Waals surface area contributed by atoms with E-state index in [0.29, 0.717) is 58.3 Å². The average molecular weight is 1120 g/mol. The summed E-state index contributed by atoms with van der Waals surface area (Å²) in [5.74, 6) is 0. The lowest BCUT2D eigenvalue weighted by atomic mass is 10.4. The minimum Gasteiger partial charge on any atom is -0.437 e. The predicted molar refractivity (Wildman–Crippen MR) is 298 cm³/mol. The molecular weight excluding hydrogens is 1010 g/mol. The van der Waals surface area contributed by atoms with Crippen LogP contribution in [0.5, 0.6) is 0 Å². The molecule has 0 radical (unpaired) electrons. The van der Waals surface area contributed by atoms with Gasteiger partial charge in [-0.25, -0.2) is 0 Å². The second kappa shape index (κ2) is 35.9. The summed E-state index contributed by atoms with van der Waals surface area (Å²) in [4.78, 5) is 0. The fourth-order valence-electron chi connectivity index (χ4n) is 6.76. The summed E-state index contributed by atoms with van der Waals surface area (Å²) < 4.78 is 86.2. The van der Waals surface area contributed by atoms with Gasteiger partial charge in [-0.15, -0.1) is 26.3 Å². The van der Waals surface area contributed by atoms with Crippen molar-refractivity contribution < 1.29 is 72.2 Å². The first-order valence-corrected chi connectivity index (χ1v) is 50.3. The van der Waals surface area contributed by atoms with Gasteiger partial charge in [0.1, 0.15) is 0 Å². The molecule has 0 aliphatic carbocycles. The number of methoxy groups -OCH3 is 1. The van der Waals surface area contributed by atoms with Crippen molar-refractivity contribution in [1.29, 1.82) is 0 Å². The van der Waals surface area contributed by atoms with E-state index < -0.39 is 76.1 Å². The van der Waals surface area contributed by atoms with Gasteiger partial charge in [-0.2, -0.15) is 0 Å². The maximum atomic E-state index is 9.01. The molecule has 0 aliphatic rings. The van der Waals surface area contributed by atoms with Crippen LogP contribution in [0.4, 0.5) is 0 Å². The van der Waals surface area contributed by atoms with Gasteiger partial charge < -0.3 is 72.2 Å². The fourth-order valence-corrected chi connectivity index (χ4v) is 46.5. The van der Waals surface area contributed by atoms with E-state index in [9.17, 15) is 0 Å². The van der Waals surface area contributed by atoms with E-state index >= 15 is 0 Å². The molecule has 0 amide bonds. The van der Waals surface area contributed by atoms with Crippen molar-refractivity contribution in [3.63, 3.8) is 0 Å². The third-order valence-electron chi connectivity index (χ3n) is 7.33. The highest BCUT2D eigenvalue weighted by Crippen LogP contribution is 2.28. The number of aliphatic hydroxyl groups excluding tert-OH is 2. The first-order chi connectivity index (χ1) is 30.3. The lowest BCUT2D eigenvalue weighted by Crippen LogP contribution is -2.64. The Hall–Kier alpha value is 0.792. The first-order valence-electron chi connectivity index (χ1n) is 23.5. The van der Waals surface area contributed by atoms with Gasteiger partial charge in [0, 0.05) is 7.11 Å². The van der Waals surface area contributed by atoms with Crippen LogP contribution in [0.3, 0.4) is 0 Å². The molecule has 0 aromatic carbocycles. The summed E-state index contributed by atoms with van der Waals surface area (Å²) in [7, 11) is -18.8. The number of rotatable bonds is 36. The molecule has 406 valence electrons. The SMILES string of the molecule is C=C.C=C.CC(COC[Si](C)(O[Si](C)(C)C)O[Si](C)(C)O[Si](C)(C)C)OCCO.COCCOC(C)COC[Si](C)(O[Si](C)(C)O[Si](C)(C)C)O[Si](C)(COCC(C)OCCO)O[Si](C)(C)C. The quantitative estimate of drug-likeness (QED) is 0.0346. The van der Waals surface area contributed by atoms with Crippen LogP contribution in [-0.2, 0) is 62.0 Å². The molecule has 6 atom stereocenters. The molecule has 0 aromatic heterocycles. The van der Waals surface area contributed by atoms with Crippen LogP contribution >= 0.6 is 0 Å². The summed E-state index contributed by atoms with van der Waals surface area (Å²) in [5, 5.41) is 17.8. The van der Waals surface area contributed by atoms with Crippen LogP contribution in [-0.4, -0.2) is 190 Å². The van der Waals surface area contributed by atoms with Crippen LogP contribution < -0.4 is 0 Å². The standard InChI is InChI=1S/C23H58O10Si5.C15H40O6Si4.2C2H4/c1-22(28-15-14-24)18-26-20-37(12,31-35(7,8)9)33-38(13,32-36(10,11)30-34(4,5)6)21-27-19-23(2)29-17-16-25-3;1-15(18-12-11-16)13-17-14-25(10,20-23(5,6)7)21-24(8,9)19-22(2,3)4;2*1-2/h22-24H,14-21H2,1-13H3;15-16H,11-14H2,1-10H3;2*1-2H2. The van der Waals surface area contributed by atoms with E-state index in [1.54, 1.807) is 7.11 Å². The smallest absolute Gasteiger partial charge is 0.344 e. The van der Waals surface area contributed by atoms with E-state index in [1.807, 2.05) is 33.9 Å². The topological polar surface area (TPSA) is 170 Å². The van der Waals surface area contributed by atoms with Crippen LogP contribution in [0.1, 0.15) is 20.8 Å². The Morgan fingerprint density at radius 3 is 0.866 bits per heavy atom. The Morgan fingerprint density at radius 2 is 0.612 bits per heavy atom. The number of ether oxygens (including phenoxy) is 7. The van der Waals surface area contributed by atoms with Crippen LogP contribution in [0.2, 0.25) is 124 Å². The van der Waals surface area contributed by atoms with Crippen molar-refractivity contribution in [3.05, 3.63) is 26.3 Å². The van der Waals surface area contributed by atoms with Gasteiger partial charge in [-0.3, -0.25) is 0 Å². The van der Waals surface area contributed by atoms with Gasteiger partial charge in [0.05, 0.1) is 96.5 Å².